The summed E-state index contributed by atoms with van der Waals surface area (Å²) in [4.78, 5) is 15.2. The van der Waals surface area contributed by atoms with Gasteiger partial charge in [0, 0.05) is 23.3 Å². The van der Waals surface area contributed by atoms with Crippen molar-refractivity contribution in [2.24, 2.45) is 5.92 Å². The summed E-state index contributed by atoms with van der Waals surface area (Å²) in [5.41, 5.74) is 1.03. The molecule has 1 amide bonds. The molecular weight excluding hydrogens is 372 g/mol. The molecule has 1 aliphatic carbocycles. The number of nitrogens with one attached hydrogen (secondary N) is 1. The van der Waals surface area contributed by atoms with Crippen LogP contribution in [0.15, 0.2) is 59.5 Å². The summed E-state index contributed by atoms with van der Waals surface area (Å²) in [6.07, 6.45) is 3.10. The molecule has 1 saturated carbocycles. The molecule has 3 rings (SSSR count). The molecule has 0 radical (unpaired) electrons. The van der Waals surface area contributed by atoms with Crippen LogP contribution in [0.2, 0.25) is 0 Å². The summed E-state index contributed by atoms with van der Waals surface area (Å²) in [5.74, 6) is 0.398. The molecule has 0 bridgehead atoms. The lowest BCUT2D eigenvalue weighted by molar-refractivity contribution is 0.0615. The van der Waals surface area contributed by atoms with E-state index in [1.807, 2.05) is 11.0 Å². The number of rotatable bonds is 8. The molecule has 2 atom stereocenters. The Bertz CT molecular complexity index is 907. The fourth-order valence-electron chi connectivity index (χ4n) is 3.30. The number of benzene rings is 2. The average Bonchev–Trinajstić information content (AvgIpc) is 3.53. The number of sulfonamides is 1. The Kier molecular flexibility index (Phi) is 6.08. The smallest absolute Gasteiger partial charge is 0.261 e. The summed E-state index contributed by atoms with van der Waals surface area (Å²) in [6, 6.07) is 15.4. The van der Waals surface area contributed by atoms with E-state index in [1.54, 1.807) is 36.4 Å². The van der Waals surface area contributed by atoms with Crippen LogP contribution in [0, 0.1) is 5.92 Å². The molecule has 150 valence electrons. The zero-order valence-corrected chi connectivity index (χ0v) is 17.4. The minimum atomic E-state index is -3.69. The molecule has 0 aromatic heterocycles. The van der Waals surface area contributed by atoms with Gasteiger partial charge in [-0.3, -0.25) is 9.52 Å². The number of nitrogens with zero attached hydrogens (tertiary/aromatic N) is 1. The number of para-hydroxylation sites is 1. The largest absolute Gasteiger partial charge is 0.333 e. The van der Waals surface area contributed by atoms with Crippen LogP contribution in [0.1, 0.15) is 50.4 Å². The van der Waals surface area contributed by atoms with Crippen molar-refractivity contribution in [2.45, 2.75) is 57.0 Å². The third-order valence-electron chi connectivity index (χ3n) is 5.52. The van der Waals surface area contributed by atoms with Crippen molar-refractivity contribution in [3.63, 3.8) is 0 Å². The number of carbonyl (C=O) groups is 1. The van der Waals surface area contributed by atoms with Gasteiger partial charge in [0.25, 0.3) is 15.9 Å². The van der Waals surface area contributed by atoms with Gasteiger partial charge in [0.1, 0.15) is 0 Å². The molecular formula is C22H28N2O3S. The van der Waals surface area contributed by atoms with Crippen LogP contribution < -0.4 is 4.72 Å². The second-order valence-electron chi connectivity index (χ2n) is 7.57. The van der Waals surface area contributed by atoms with Crippen LogP contribution >= 0.6 is 0 Å². The molecule has 0 saturated heterocycles. The second-order valence-corrected chi connectivity index (χ2v) is 9.25. The summed E-state index contributed by atoms with van der Waals surface area (Å²) in [7, 11) is -3.69. The molecule has 0 aliphatic heterocycles. The highest BCUT2D eigenvalue weighted by Gasteiger charge is 2.37. The standard InChI is InChI=1S/C22H28N2O3S/c1-4-16(2)17(3)24(20-12-13-20)22(25)18-10-14-21(15-11-18)28(26,27)23-19-8-6-5-7-9-19/h5-11,14-17,20,23H,4,12-13H2,1-3H3. The van der Waals surface area contributed by atoms with Crippen LogP contribution in [0.4, 0.5) is 5.69 Å². The van der Waals surface area contributed by atoms with Crippen molar-refractivity contribution in [3.05, 3.63) is 60.2 Å². The van der Waals surface area contributed by atoms with Gasteiger partial charge in [0.15, 0.2) is 0 Å². The Morgan fingerprint density at radius 1 is 1.07 bits per heavy atom. The Morgan fingerprint density at radius 2 is 1.68 bits per heavy atom. The molecule has 2 unspecified atom stereocenters. The minimum Gasteiger partial charge on any atom is -0.333 e. The van der Waals surface area contributed by atoms with Gasteiger partial charge in [-0.1, -0.05) is 38.5 Å². The van der Waals surface area contributed by atoms with Crippen molar-refractivity contribution < 1.29 is 13.2 Å². The Hall–Kier alpha value is -2.34. The lowest BCUT2D eigenvalue weighted by atomic mass is 9.98. The molecule has 0 spiro atoms. The molecule has 1 aliphatic rings. The summed E-state index contributed by atoms with van der Waals surface area (Å²) >= 11 is 0. The highest BCUT2D eigenvalue weighted by molar-refractivity contribution is 7.92. The molecule has 28 heavy (non-hydrogen) atoms. The van der Waals surface area contributed by atoms with Gasteiger partial charge in [0.2, 0.25) is 0 Å². The number of hydrogen-bond donors (Lipinski definition) is 1. The van der Waals surface area contributed by atoms with Crippen LogP contribution in [0.3, 0.4) is 0 Å². The van der Waals surface area contributed by atoms with Gasteiger partial charge in [-0.25, -0.2) is 8.42 Å². The summed E-state index contributed by atoms with van der Waals surface area (Å²) in [5, 5.41) is 0. The first-order valence-corrected chi connectivity index (χ1v) is 11.3. The summed E-state index contributed by atoms with van der Waals surface area (Å²) < 4.78 is 27.7. The highest BCUT2D eigenvalue weighted by atomic mass is 32.2. The van der Waals surface area contributed by atoms with E-state index >= 15 is 0 Å². The normalized spacial score (nSPS) is 16.2. The summed E-state index contributed by atoms with van der Waals surface area (Å²) in [6.45, 7) is 6.40. The van der Waals surface area contributed by atoms with Gasteiger partial charge >= 0.3 is 0 Å². The van der Waals surface area contributed by atoms with Crippen molar-refractivity contribution in [1.29, 1.82) is 0 Å². The highest BCUT2D eigenvalue weighted by Crippen LogP contribution is 2.33. The van der Waals surface area contributed by atoms with Crippen LogP contribution in [0.5, 0.6) is 0 Å². The van der Waals surface area contributed by atoms with E-state index in [4.69, 9.17) is 0 Å². The van der Waals surface area contributed by atoms with Crippen LogP contribution in [0.25, 0.3) is 0 Å². The topological polar surface area (TPSA) is 66.5 Å². The number of anilines is 1. The predicted octanol–water partition coefficient (Wildman–Crippen LogP) is 4.53. The van der Waals surface area contributed by atoms with Gasteiger partial charge in [-0.2, -0.15) is 0 Å². The SMILES string of the molecule is CCC(C)C(C)N(C(=O)c1ccc(S(=O)(=O)Nc2ccccc2)cc1)C1CC1. The van der Waals surface area contributed by atoms with E-state index in [0.29, 0.717) is 23.2 Å². The maximum absolute atomic E-state index is 13.1. The maximum Gasteiger partial charge on any atom is 0.261 e. The lowest BCUT2D eigenvalue weighted by Crippen LogP contribution is -2.43. The van der Waals surface area contributed by atoms with E-state index < -0.39 is 10.0 Å². The first-order valence-electron chi connectivity index (χ1n) is 9.84. The lowest BCUT2D eigenvalue weighted by Gasteiger charge is -2.33. The van der Waals surface area contributed by atoms with Crippen molar-refractivity contribution in [1.82, 2.24) is 4.90 Å². The van der Waals surface area contributed by atoms with E-state index in [1.165, 1.54) is 12.1 Å². The Morgan fingerprint density at radius 3 is 2.21 bits per heavy atom. The Labute approximate surface area is 167 Å². The predicted molar refractivity (Wildman–Crippen MR) is 112 cm³/mol. The number of amides is 1. The van der Waals surface area contributed by atoms with E-state index in [2.05, 4.69) is 25.5 Å². The molecule has 1 fully saturated rings. The van der Waals surface area contributed by atoms with E-state index in [0.717, 1.165) is 19.3 Å². The third-order valence-corrected chi connectivity index (χ3v) is 6.92. The minimum absolute atomic E-state index is 0.0183. The van der Waals surface area contributed by atoms with Gasteiger partial charge in [-0.15, -0.1) is 0 Å². The first kappa shape index (κ1) is 20.4. The van der Waals surface area contributed by atoms with Gasteiger partial charge < -0.3 is 4.90 Å². The maximum atomic E-state index is 13.1. The Balaban J connectivity index is 1.78. The molecule has 1 N–H and O–H groups in total. The second kappa shape index (κ2) is 8.35. The van der Waals surface area contributed by atoms with Crippen molar-refractivity contribution in [3.8, 4) is 0 Å². The molecule has 0 heterocycles. The average molecular weight is 401 g/mol. The number of carbonyl (C=O) groups excluding carboxylic acids is 1. The molecule has 2 aromatic carbocycles. The van der Waals surface area contributed by atoms with Crippen LogP contribution in [-0.4, -0.2) is 31.3 Å². The van der Waals surface area contributed by atoms with Gasteiger partial charge in [0.05, 0.1) is 4.90 Å². The van der Waals surface area contributed by atoms with Crippen molar-refractivity contribution in [2.75, 3.05) is 4.72 Å². The zero-order chi connectivity index (χ0) is 20.3. The fraction of sp³-hybridized carbons (Fsp3) is 0.409. The third kappa shape index (κ3) is 4.55. The molecule has 5 nitrogen and oxygen atoms in total. The van der Waals surface area contributed by atoms with Gasteiger partial charge in [-0.05, 0) is 62.1 Å². The molecule has 6 heteroatoms. The zero-order valence-electron chi connectivity index (χ0n) is 16.6. The van der Waals surface area contributed by atoms with E-state index in [-0.39, 0.29) is 16.8 Å². The monoisotopic (exact) mass is 400 g/mol. The van der Waals surface area contributed by atoms with Crippen molar-refractivity contribution >= 4 is 21.6 Å². The number of hydrogen-bond acceptors (Lipinski definition) is 3. The van der Waals surface area contributed by atoms with E-state index in [9.17, 15) is 13.2 Å². The fourth-order valence-corrected chi connectivity index (χ4v) is 4.36. The first-order chi connectivity index (χ1) is 13.3. The molecule has 2 aromatic rings. The van der Waals surface area contributed by atoms with Crippen LogP contribution in [-0.2, 0) is 10.0 Å². The quantitative estimate of drug-likeness (QED) is 0.708.